The molecule has 0 aromatic rings. The highest BCUT2D eigenvalue weighted by molar-refractivity contribution is 4.83. The Labute approximate surface area is 73.1 Å². The summed E-state index contributed by atoms with van der Waals surface area (Å²) >= 11 is 0. The summed E-state index contributed by atoms with van der Waals surface area (Å²) in [4.78, 5) is 0. The molecule has 0 radical (unpaired) electrons. The minimum absolute atomic E-state index is 0.347. The van der Waals surface area contributed by atoms with Crippen molar-refractivity contribution in [2.24, 2.45) is 0 Å². The minimum atomic E-state index is -0.917. The van der Waals surface area contributed by atoms with Gasteiger partial charge in [-0.05, 0) is 6.92 Å². The van der Waals surface area contributed by atoms with Crippen LogP contribution in [0.5, 0.6) is 0 Å². The summed E-state index contributed by atoms with van der Waals surface area (Å²) in [5.41, 5.74) is 0. The van der Waals surface area contributed by atoms with Gasteiger partial charge in [-0.2, -0.15) is 0 Å². The first kappa shape index (κ1) is 11.8. The molecule has 1 rings (SSSR count). The van der Waals surface area contributed by atoms with Crippen molar-refractivity contribution in [3.63, 3.8) is 0 Å². The maximum absolute atomic E-state index is 9.13. The van der Waals surface area contributed by atoms with Gasteiger partial charge in [0.1, 0.15) is 12.2 Å². The molecule has 4 heteroatoms. The van der Waals surface area contributed by atoms with E-state index in [1.807, 2.05) is 13.8 Å². The second kappa shape index (κ2) is 5.48. The molecular weight excluding hydrogens is 160 g/mol. The topological polar surface area (TPSA) is 58.9 Å². The Kier molecular flexibility index (Phi) is 5.41. The van der Waals surface area contributed by atoms with E-state index in [0.717, 1.165) is 0 Å². The lowest BCUT2D eigenvalue weighted by Crippen LogP contribution is -2.32. The Bertz CT molecular complexity index is 118. The number of aliphatic hydroxyl groups excluding tert-OH is 2. The standard InChI is InChI=1S/C6H12O4.C2H6/c1-3-4(7)5(8)6(9-2)10-3;1-2/h3-8H,1-2H3;1-2H3. The Hall–Kier alpha value is -0.160. The minimum Gasteiger partial charge on any atom is -0.388 e. The molecule has 1 fully saturated rings. The van der Waals surface area contributed by atoms with Gasteiger partial charge in [0.25, 0.3) is 0 Å². The van der Waals surface area contributed by atoms with Crippen molar-refractivity contribution in [3.05, 3.63) is 0 Å². The lowest BCUT2D eigenvalue weighted by Gasteiger charge is -2.11. The Morgan fingerprint density at radius 3 is 1.83 bits per heavy atom. The summed E-state index contributed by atoms with van der Waals surface area (Å²) in [5.74, 6) is 0. The predicted molar refractivity (Wildman–Crippen MR) is 44.7 cm³/mol. The lowest BCUT2D eigenvalue weighted by molar-refractivity contribution is -0.146. The molecule has 4 unspecified atom stereocenters. The summed E-state index contributed by atoms with van der Waals surface area (Å²) in [5, 5.41) is 18.2. The molecule has 4 nitrogen and oxygen atoms in total. The van der Waals surface area contributed by atoms with Crippen molar-refractivity contribution >= 4 is 0 Å². The second-order valence-electron chi connectivity index (χ2n) is 2.43. The molecule has 1 heterocycles. The number of methoxy groups -OCH3 is 1. The molecule has 1 saturated heterocycles. The Balaban J connectivity index is 0.000000561. The van der Waals surface area contributed by atoms with Crippen LogP contribution in [-0.4, -0.2) is 41.9 Å². The molecule has 0 aromatic heterocycles. The van der Waals surface area contributed by atoms with E-state index in [1.54, 1.807) is 6.92 Å². The average Bonchev–Trinajstić information content (AvgIpc) is 2.36. The summed E-state index contributed by atoms with van der Waals surface area (Å²) in [6, 6.07) is 0. The summed E-state index contributed by atoms with van der Waals surface area (Å²) in [6.07, 6.45) is -2.77. The summed E-state index contributed by atoms with van der Waals surface area (Å²) in [7, 11) is 1.43. The molecule has 0 saturated carbocycles. The van der Waals surface area contributed by atoms with Crippen LogP contribution < -0.4 is 0 Å². The van der Waals surface area contributed by atoms with Gasteiger partial charge >= 0.3 is 0 Å². The molecule has 0 spiro atoms. The highest BCUT2D eigenvalue weighted by Gasteiger charge is 2.40. The van der Waals surface area contributed by atoms with E-state index < -0.39 is 18.5 Å². The van der Waals surface area contributed by atoms with Crippen LogP contribution in [-0.2, 0) is 9.47 Å². The van der Waals surface area contributed by atoms with Gasteiger partial charge in [0.05, 0.1) is 6.10 Å². The van der Waals surface area contributed by atoms with Crippen LogP contribution in [0.2, 0.25) is 0 Å². The molecule has 2 N–H and O–H groups in total. The highest BCUT2D eigenvalue weighted by atomic mass is 16.7. The van der Waals surface area contributed by atoms with Crippen molar-refractivity contribution in [1.29, 1.82) is 0 Å². The zero-order chi connectivity index (χ0) is 9.72. The molecule has 4 atom stereocenters. The largest absolute Gasteiger partial charge is 0.388 e. The van der Waals surface area contributed by atoms with Crippen molar-refractivity contribution in [3.8, 4) is 0 Å². The zero-order valence-electron chi connectivity index (χ0n) is 8.02. The maximum atomic E-state index is 9.13. The van der Waals surface area contributed by atoms with Crippen LogP contribution in [0.1, 0.15) is 20.8 Å². The first-order chi connectivity index (χ1) is 5.66. The molecule has 1 aliphatic rings. The number of hydrogen-bond acceptors (Lipinski definition) is 4. The van der Waals surface area contributed by atoms with E-state index in [1.165, 1.54) is 7.11 Å². The third kappa shape index (κ3) is 2.42. The third-order valence-corrected chi connectivity index (χ3v) is 1.69. The van der Waals surface area contributed by atoms with Crippen LogP contribution in [0.3, 0.4) is 0 Å². The van der Waals surface area contributed by atoms with Gasteiger partial charge in [-0.3, -0.25) is 0 Å². The van der Waals surface area contributed by atoms with Crippen molar-refractivity contribution in [2.75, 3.05) is 7.11 Å². The van der Waals surface area contributed by atoms with Crippen LogP contribution in [0, 0.1) is 0 Å². The van der Waals surface area contributed by atoms with Crippen molar-refractivity contribution in [2.45, 2.75) is 45.4 Å². The predicted octanol–water partition coefficient (Wildman–Crippen LogP) is 0.126. The fourth-order valence-corrected chi connectivity index (χ4v) is 1.01. The first-order valence-corrected chi connectivity index (χ1v) is 4.21. The molecule has 74 valence electrons. The number of rotatable bonds is 1. The van der Waals surface area contributed by atoms with Crippen molar-refractivity contribution in [1.82, 2.24) is 0 Å². The van der Waals surface area contributed by atoms with Gasteiger partial charge in [0.2, 0.25) is 0 Å². The lowest BCUT2D eigenvalue weighted by atomic mass is 10.2. The summed E-state index contributed by atoms with van der Waals surface area (Å²) < 4.78 is 9.74. The molecule has 0 amide bonds. The van der Waals surface area contributed by atoms with Gasteiger partial charge in [0.15, 0.2) is 6.29 Å². The molecule has 0 bridgehead atoms. The summed E-state index contributed by atoms with van der Waals surface area (Å²) in [6.45, 7) is 5.69. The monoisotopic (exact) mass is 178 g/mol. The first-order valence-electron chi connectivity index (χ1n) is 4.21. The molecule has 1 aliphatic heterocycles. The number of hydrogen-bond donors (Lipinski definition) is 2. The molecule has 0 aromatic carbocycles. The second-order valence-corrected chi connectivity index (χ2v) is 2.43. The quantitative estimate of drug-likeness (QED) is 0.599. The van der Waals surface area contributed by atoms with Gasteiger partial charge in [0, 0.05) is 7.11 Å². The van der Waals surface area contributed by atoms with E-state index in [-0.39, 0.29) is 6.10 Å². The van der Waals surface area contributed by atoms with E-state index in [9.17, 15) is 0 Å². The number of aliphatic hydroxyl groups is 2. The maximum Gasteiger partial charge on any atom is 0.186 e. The van der Waals surface area contributed by atoms with Crippen LogP contribution >= 0.6 is 0 Å². The van der Waals surface area contributed by atoms with Gasteiger partial charge in [-0.25, -0.2) is 0 Å². The Morgan fingerprint density at radius 1 is 1.17 bits per heavy atom. The molecule has 12 heavy (non-hydrogen) atoms. The molecule has 0 aliphatic carbocycles. The van der Waals surface area contributed by atoms with Gasteiger partial charge in [-0.1, -0.05) is 13.8 Å². The Morgan fingerprint density at radius 2 is 1.67 bits per heavy atom. The van der Waals surface area contributed by atoms with Crippen LogP contribution in [0.15, 0.2) is 0 Å². The third-order valence-electron chi connectivity index (χ3n) is 1.69. The van der Waals surface area contributed by atoms with E-state index in [0.29, 0.717) is 0 Å². The average molecular weight is 178 g/mol. The normalized spacial score (nSPS) is 40.5. The van der Waals surface area contributed by atoms with E-state index >= 15 is 0 Å². The van der Waals surface area contributed by atoms with Gasteiger partial charge < -0.3 is 19.7 Å². The molecular formula is C8H18O4. The highest BCUT2D eigenvalue weighted by Crippen LogP contribution is 2.20. The fraction of sp³-hybridized carbons (Fsp3) is 1.00. The fourth-order valence-electron chi connectivity index (χ4n) is 1.01. The SMILES string of the molecule is CC.COC1OC(C)C(O)C1O. The van der Waals surface area contributed by atoms with Crippen molar-refractivity contribution < 1.29 is 19.7 Å². The smallest absolute Gasteiger partial charge is 0.186 e. The van der Waals surface area contributed by atoms with E-state index in [4.69, 9.17) is 19.7 Å². The number of ether oxygens (including phenoxy) is 2. The van der Waals surface area contributed by atoms with E-state index in [2.05, 4.69) is 0 Å². The van der Waals surface area contributed by atoms with Gasteiger partial charge in [-0.15, -0.1) is 0 Å². The van der Waals surface area contributed by atoms with Crippen LogP contribution in [0.25, 0.3) is 0 Å². The van der Waals surface area contributed by atoms with Crippen LogP contribution in [0.4, 0.5) is 0 Å². The zero-order valence-corrected chi connectivity index (χ0v) is 8.02.